The van der Waals surface area contributed by atoms with Crippen LogP contribution < -0.4 is 26.2 Å². The highest BCUT2D eigenvalue weighted by Gasteiger charge is 2.24. The summed E-state index contributed by atoms with van der Waals surface area (Å²) in [4.78, 5) is 32.8. The number of benzene rings is 2. The molecular formula is C28H33FN8O3. The quantitative estimate of drug-likeness (QED) is 0.285. The molecule has 1 aliphatic heterocycles. The number of aromatic nitrogens is 4. The summed E-state index contributed by atoms with van der Waals surface area (Å²) in [5, 5.41) is 3.28. The van der Waals surface area contributed by atoms with Crippen LogP contribution in [0, 0.1) is 5.82 Å². The van der Waals surface area contributed by atoms with Gasteiger partial charge in [-0.2, -0.15) is 9.97 Å². The van der Waals surface area contributed by atoms with E-state index in [0.29, 0.717) is 41.0 Å². The number of methoxy groups -OCH3 is 1. The maximum atomic E-state index is 13.4. The van der Waals surface area contributed by atoms with Crippen LogP contribution in [0.3, 0.4) is 0 Å². The van der Waals surface area contributed by atoms with E-state index in [2.05, 4.69) is 37.0 Å². The number of nitrogens with zero attached hydrogens (tertiary/aromatic N) is 5. The summed E-state index contributed by atoms with van der Waals surface area (Å²) in [6, 6.07) is 13.8. The summed E-state index contributed by atoms with van der Waals surface area (Å²) in [5.74, 6) is 1.46. The Morgan fingerprint density at radius 2 is 1.82 bits per heavy atom. The number of ether oxygens (including phenoxy) is 2. The first-order chi connectivity index (χ1) is 19.3. The van der Waals surface area contributed by atoms with Crippen LogP contribution in [0.4, 0.5) is 22.0 Å². The number of H-pyrrole nitrogens is 1. The molecule has 0 bridgehead atoms. The number of halogens is 1. The molecule has 1 saturated heterocycles. The van der Waals surface area contributed by atoms with Crippen LogP contribution >= 0.6 is 0 Å². The van der Waals surface area contributed by atoms with Gasteiger partial charge in [-0.15, -0.1) is 0 Å². The van der Waals surface area contributed by atoms with Crippen LogP contribution in [0.1, 0.15) is 25.5 Å². The lowest BCUT2D eigenvalue weighted by molar-refractivity contribution is 0.190. The first-order valence-corrected chi connectivity index (χ1v) is 13.2. The summed E-state index contributed by atoms with van der Waals surface area (Å²) >= 11 is 0. The predicted octanol–water partition coefficient (Wildman–Crippen LogP) is 3.56. The number of nitrogens with two attached hydrogens (primary N) is 1. The molecule has 12 heteroatoms. The summed E-state index contributed by atoms with van der Waals surface area (Å²) in [6.45, 7) is 7.68. The van der Waals surface area contributed by atoms with E-state index in [1.54, 1.807) is 31.4 Å². The lowest BCUT2D eigenvalue weighted by Crippen LogP contribution is -2.47. The van der Waals surface area contributed by atoms with Crippen molar-refractivity contribution in [3.8, 4) is 11.6 Å². The summed E-state index contributed by atoms with van der Waals surface area (Å²) < 4.78 is 24.8. The molecule has 0 spiro atoms. The van der Waals surface area contributed by atoms with Crippen LogP contribution in [-0.4, -0.2) is 70.8 Å². The van der Waals surface area contributed by atoms with Gasteiger partial charge in [0.25, 0.3) is 5.56 Å². The molecule has 5 rings (SSSR count). The van der Waals surface area contributed by atoms with E-state index >= 15 is 0 Å². The topological polar surface area (TPSA) is 135 Å². The largest absolute Gasteiger partial charge is 0.436 e. The van der Waals surface area contributed by atoms with Gasteiger partial charge in [0.1, 0.15) is 17.2 Å². The van der Waals surface area contributed by atoms with Crippen LogP contribution in [0.2, 0.25) is 0 Å². The number of nitrogens with one attached hydrogen (secondary N) is 2. The maximum Gasteiger partial charge on any atom is 0.290 e. The van der Waals surface area contributed by atoms with Crippen LogP contribution in [0.25, 0.3) is 11.0 Å². The molecule has 0 saturated carbocycles. The van der Waals surface area contributed by atoms with Gasteiger partial charge < -0.3 is 30.4 Å². The van der Waals surface area contributed by atoms with Crippen molar-refractivity contribution < 1.29 is 13.9 Å². The Balaban J connectivity index is 1.39. The number of nitrogen functional groups attached to an aromatic ring is 1. The number of anilines is 3. The van der Waals surface area contributed by atoms with Crippen LogP contribution in [0.15, 0.2) is 53.3 Å². The van der Waals surface area contributed by atoms with Crippen molar-refractivity contribution in [2.45, 2.75) is 25.9 Å². The third-order valence-electron chi connectivity index (χ3n) is 6.95. The van der Waals surface area contributed by atoms with Gasteiger partial charge in [-0.05, 0) is 43.7 Å². The number of para-hydroxylation sites is 1. The van der Waals surface area contributed by atoms with Gasteiger partial charge >= 0.3 is 0 Å². The third-order valence-corrected chi connectivity index (χ3v) is 6.95. The molecule has 2 atom stereocenters. The van der Waals surface area contributed by atoms with Crippen LogP contribution in [-0.2, 0) is 4.74 Å². The zero-order valence-electron chi connectivity index (χ0n) is 22.7. The Hall–Kier alpha value is -4.29. The molecule has 4 aromatic rings. The normalized spacial score (nSPS) is 15.7. The van der Waals surface area contributed by atoms with Gasteiger partial charge in [-0.25, -0.2) is 9.37 Å². The first-order valence-electron chi connectivity index (χ1n) is 13.2. The molecule has 1 aliphatic rings. The van der Waals surface area contributed by atoms with Gasteiger partial charge in [0.15, 0.2) is 11.6 Å². The molecule has 4 N–H and O–H groups in total. The molecule has 2 aromatic carbocycles. The standard InChI is InChI=1S/C28H33FN8O3/c1-17(16-39-3)31-28-33-23(37-13-11-36(12-14-37)18(2)19-7-9-20(29)10-8-19)15-24(34-28)40-22-6-4-5-21-25(22)35-26(30)27(38)32-21/h4-10,15,17-18H,11-14,16H2,1-3H3,(H2,30,35)(H,32,38)(H,31,33,34)/t17?,18-/m0/s1. The fourth-order valence-electron chi connectivity index (χ4n) is 4.79. The number of piperazine rings is 1. The van der Waals surface area contributed by atoms with E-state index < -0.39 is 5.56 Å². The Labute approximate surface area is 231 Å². The average molecular weight is 549 g/mol. The monoisotopic (exact) mass is 548 g/mol. The van der Waals surface area contributed by atoms with Gasteiger partial charge in [-0.1, -0.05) is 18.2 Å². The molecule has 1 fully saturated rings. The SMILES string of the molecule is COCC(C)Nc1nc(Oc2cccc3[nH]c(=O)c(N)nc23)cc(N2CCN([C@@H](C)c3ccc(F)cc3)CC2)n1. The highest BCUT2D eigenvalue weighted by atomic mass is 19.1. The highest BCUT2D eigenvalue weighted by Crippen LogP contribution is 2.30. The fraction of sp³-hybridized carbons (Fsp3) is 0.357. The molecule has 1 unspecified atom stereocenters. The van der Waals surface area contributed by atoms with Crippen molar-refractivity contribution in [2.24, 2.45) is 0 Å². The predicted molar refractivity (Wildman–Crippen MR) is 152 cm³/mol. The van der Waals surface area contributed by atoms with Crippen molar-refractivity contribution in [2.75, 3.05) is 55.8 Å². The van der Waals surface area contributed by atoms with Gasteiger partial charge in [0.2, 0.25) is 11.8 Å². The third kappa shape index (κ3) is 6.13. The van der Waals surface area contributed by atoms with E-state index in [-0.39, 0.29) is 23.7 Å². The van der Waals surface area contributed by atoms with Crippen molar-refractivity contribution in [3.63, 3.8) is 0 Å². The average Bonchev–Trinajstić information content (AvgIpc) is 2.94. The number of rotatable bonds is 9. The van der Waals surface area contributed by atoms with E-state index in [0.717, 1.165) is 31.7 Å². The van der Waals surface area contributed by atoms with Crippen LogP contribution in [0.5, 0.6) is 11.6 Å². The van der Waals surface area contributed by atoms with E-state index in [4.69, 9.17) is 20.2 Å². The minimum absolute atomic E-state index is 0.0365. The number of aromatic amines is 1. The smallest absolute Gasteiger partial charge is 0.290 e. The Morgan fingerprint density at radius 3 is 2.55 bits per heavy atom. The molecule has 0 amide bonds. The van der Waals surface area contributed by atoms with Gasteiger partial charge in [0.05, 0.1) is 12.1 Å². The minimum Gasteiger partial charge on any atom is -0.436 e. The van der Waals surface area contributed by atoms with Crippen molar-refractivity contribution in [1.82, 2.24) is 24.8 Å². The zero-order chi connectivity index (χ0) is 28.2. The Morgan fingerprint density at radius 1 is 1.07 bits per heavy atom. The highest BCUT2D eigenvalue weighted by molar-refractivity contribution is 5.82. The summed E-state index contributed by atoms with van der Waals surface area (Å²) in [5.41, 5.74) is 7.32. The second-order valence-electron chi connectivity index (χ2n) is 9.84. The zero-order valence-corrected chi connectivity index (χ0v) is 22.7. The molecule has 210 valence electrons. The Kier molecular flexibility index (Phi) is 8.08. The Bertz CT molecular complexity index is 1520. The maximum absolute atomic E-state index is 13.4. The molecule has 11 nitrogen and oxygen atoms in total. The number of fused-ring (bicyclic) bond motifs is 1. The minimum atomic E-state index is -0.458. The molecule has 2 aromatic heterocycles. The first kappa shape index (κ1) is 27.3. The van der Waals surface area contributed by atoms with E-state index in [9.17, 15) is 9.18 Å². The van der Waals surface area contributed by atoms with Gasteiger partial charge in [-0.3, -0.25) is 9.69 Å². The van der Waals surface area contributed by atoms with Gasteiger partial charge in [0, 0.05) is 51.4 Å². The molecule has 3 heterocycles. The second-order valence-corrected chi connectivity index (χ2v) is 9.84. The lowest BCUT2D eigenvalue weighted by Gasteiger charge is -2.38. The second kappa shape index (κ2) is 11.8. The molecule has 0 aliphatic carbocycles. The molecular weight excluding hydrogens is 515 g/mol. The van der Waals surface area contributed by atoms with Crippen molar-refractivity contribution in [1.29, 1.82) is 0 Å². The fourth-order valence-corrected chi connectivity index (χ4v) is 4.79. The van der Waals surface area contributed by atoms with Crippen molar-refractivity contribution >= 4 is 28.6 Å². The number of hydrogen-bond acceptors (Lipinski definition) is 10. The molecule has 40 heavy (non-hydrogen) atoms. The van der Waals surface area contributed by atoms with E-state index in [1.807, 2.05) is 19.1 Å². The van der Waals surface area contributed by atoms with E-state index in [1.165, 1.54) is 12.1 Å². The lowest BCUT2D eigenvalue weighted by atomic mass is 10.1. The number of hydrogen-bond donors (Lipinski definition) is 3. The summed E-state index contributed by atoms with van der Waals surface area (Å²) in [7, 11) is 1.64. The summed E-state index contributed by atoms with van der Waals surface area (Å²) in [6.07, 6.45) is 0. The molecule has 0 radical (unpaired) electrons. The van der Waals surface area contributed by atoms with Crippen molar-refractivity contribution in [3.05, 3.63) is 70.3 Å².